The highest BCUT2D eigenvalue weighted by molar-refractivity contribution is 6.00. The number of benzene rings is 2. The molecule has 0 aromatic heterocycles. The number of carbonyl (C=O) groups excluding carboxylic acids is 3. The number of aliphatic hydroxyl groups excluding tert-OH is 1. The van der Waals surface area contributed by atoms with Gasteiger partial charge in [0.2, 0.25) is 11.8 Å². The molecule has 9 nitrogen and oxygen atoms in total. The third-order valence-electron chi connectivity index (χ3n) is 9.08. The van der Waals surface area contributed by atoms with Crippen LogP contribution >= 0.6 is 0 Å². The molecule has 4 N–H and O–H groups in total. The molecule has 0 spiro atoms. The minimum absolute atomic E-state index is 0.0644. The minimum Gasteiger partial charge on any atom is -0.390 e. The average Bonchev–Trinajstić information content (AvgIpc) is 3.72. The molecule has 3 amide bonds. The van der Waals surface area contributed by atoms with Crippen molar-refractivity contribution >= 4 is 29.1 Å². The summed E-state index contributed by atoms with van der Waals surface area (Å²) in [6, 6.07) is 14.6. The van der Waals surface area contributed by atoms with E-state index in [4.69, 9.17) is 0 Å². The van der Waals surface area contributed by atoms with Gasteiger partial charge in [-0.1, -0.05) is 49.6 Å². The number of aliphatic hydroxyl groups is 1. The lowest BCUT2D eigenvalue weighted by atomic mass is 9.95. The van der Waals surface area contributed by atoms with Gasteiger partial charge in [0, 0.05) is 55.6 Å². The van der Waals surface area contributed by atoms with Gasteiger partial charge in [-0.3, -0.25) is 14.4 Å². The molecule has 232 valence electrons. The molecule has 2 aliphatic heterocycles. The van der Waals surface area contributed by atoms with Crippen LogP contribution in [0.5, 0.6) is 0 Å². The van der Waals surface area contributed by atoms with Crippen LogP contribution in [0.15, 0.2) is 48.5 Å². The third kappa shape index (κ3) is 8.36. The monoisotopic (exact) mass is 589 g/mol. The summed E-state index contributed by atoms with van der Waals surface area (Å²) in [6.07, 6.45) is 8.56. The molecule has 0 bridgehead atoms. The number of amides is 3. The molecule has 1 saturated carbocycles. The largest absolute Gasteiger partial charge is 0.390 e. The Morgan fingerprint density at radius 1 is 0.930 bits per heavy atom. The summed E-state index contributed by atoms with van der Waals surface area (Å²) < 4.78 is 0. The molecule has 1 aliphatic carbocycles. The van der Waals surface area contributed by atoms with Gasteiger partial charge in [0.25, 0.3) is 5.91 Å². The normalized spacial score (nSPS) is 19.7. The highest BCUT2D eigenvalue weighted by Gasteiger charge is 2.28. The average molecular weight is 590 g/mol. The van der Waals surface area contributed by atoms with Gasteiger partial charge in [-0.25, -0.2) is 0 Å². The van der Waals surface area contributed by atoms with Crippen molar-refractivity contribution in [3.63, 3.8) is 0 Å². The summed E-state index contributed by atoms with van der Waals surface area (Å²) in [5.74, 6) is -0.280. The van der Waals surface area contributed by atoms with E-state index in [2.05, 4.69) is 20.9 Å². The highest BCUT2D eigenvalue weighted by atomic mass is 16.3. The lowest BCUT2D eigenvalue weighted by Crippen LogP contribution is -2.53. The molecule has 3 aliphatic rings. The van der Waals surface area contributed by atoms with Crippen LogP contribution < -0.4 is 25.8 Å². The van der Waals surface area contributed by atoms with Crippen LogP contribution in [0.2, 0.25) is 0 Å². The Kier molecular flexibility index (Phi) is 10.7. The minimum atomic E-state index is -0.935. The fourth-order valence-corrected chi connectivity index (χ4v) is 6.47. The first-order valence-corrected chi connectivity index (χ1v) is 16.1. The summed E-state index contributed by atoms with van der Waals surface area (Å²) >= 11 is 0. The van der Waals surface area contributed by atoms with E-state index in [0.29, 0.717) is 24.9 Å². The summed E-state index contributed by atoms with van der Waals surface area (Å²) in [5.41, 5.74) is 3.15. The zero-order valence-corrected chi connectivity index (χ0v) is 25.4. The number of nitrogens with zero attached hydrogens (tertiary/aromatic N) is 2. The quantitative estimate of drug-likeness (QED) is 0.301. The van der Waals surface area contributed by atoms with Crippen LogP contribution in [0.4, 0.5) is 11.4 Å². The lowest BCUT2D eigenvalue weighted by molar-refractivity contribution is -0.123. The molecular formula is C34H47N5O4. The summed E-state index contributed by atoms with van der Waals surface area (Å²) in [7, 11) is 0. The molecule has 2 aromatic carbocycles. The van der Waals surface area contributed by atoms with E-state index in [1.165, 1.54) is 6.42 Å². The molecule has 9 heteroatoms. The van der Waals surface area contributed by atoms with Gasteiger partial charge in [0.05, 0.1) is 18.2 Å². The van der Waals surface area contributed by atoms with Crippen molar-refractivity contribution in [1.82, 2.24) is 16.0 Å². The van der Waals surface area contributed by atoms with Crippen LogP contribution in [0.3, 0.4) is 0 Å². The smallest absolute Gasteiger partial charge is 0.251 e. The van der Waals surface area contributed by atoms with Gasteiger partial charge >= 0.3 is 0 Å². The van der Waals surface area contributed by atoms with Crippen LogP contribution in [0, 0.1) is 0 Å². The second-order valence-electron chi connectivity index (χ2n) is 12.4. The SMILES string of the molecule is C[C@H](NC[C@@H](O)[C@H](Cc1ccccc1)NC(=O)c1cc(N2CCCC2)cc(N2CCCC2=O)c1)C(=O)NC1CCCCC1. The van der Waals surface area contributed by atoms with Crippen molar-refractivity contribution in [1.29, 1.82) is 0 Å². The second-order valence-corrected chi connectivity index (χ2v) is 12.4. The van der Waals surface area contributed by atoms with Gasteiger partial charge in [0.1, 0.15) is 0 Å². The molecule has 0 radical (unpaired) electrons. The first-order chi connectivity index (χ1) is 20.9. The van der Waals surface area contributed by atoms with E-state index < -0.39 is 18.2 Å². The Morgan fingerprint density at radius 2 is 1.65 bits per heavy atom. The van der Waals surface area contributed by atoms with E-state index in [-0.39, 0.29) is 30.3 Å². The van der Waals surface area contributed by atoms with Crippen molar-refractivity contribution in [3.8, 4) is 0 Å². The lowest BCUT2D eigenvalue weighted by Gasteiger charge is -2.28. The van der Waals surface area contributed by atoms with Crippen molar-refractivity contribution < 1.29 is 19.5 Å². The molecule has 3 fully saturated rings. The maximum atomic E-state index is 13.8. The second kappa shape index (κ2) is 14.8. The Balaban J connectivity index is 1.29. The van der Waals surface area contributed by atoms with E-state index in [0.717, 1.165) is 75.0 Å². The van der Waals surface area contributed by atoms with Crippen LogP contribution in [-0.4, -0.2) is 73.2 Å². The summed E-state index contributed by atoms with van der Waals surface area (Å²) in [6.45, 7) is 4.45. The first-order valence-electron chi connectivity index (χ1n) is 16.1. The number of hydrogen-bond donors (Lipinski definition) is 4. The van der Waals surface area contributed by atoms with Crippen LogP contribution in [0.25, 0.3) is 0 Å². The molecular weight excluding hydrogens is 542 g/mol. The van der Waals surface area contributed by atoms with Gasteiger partial charge in [-0.2, -0.15) is 0 Å². The first kappa shape index (κ1) is 31.0. The number of carbonyl (C=O) groups is 3. The fraction of sp³-hybridized carbons (Fsp3) is 0.559. The molecule has 3 atom stereocenters. The topological polar surface area (TPSA) is 114 Å². The molecule has 2 aromatic rings. The van der Waals surface area contributed by atoms with Gasteiger partial charge in [-0.15, -0.1) is 0 Å². The zero-order chi connectivity index (χ0) is 30.2. The Hall–Kier alpha value is -3.43. The maximum absolute atomic E-state index is 13.8. The van der Waals surface area contributed by atoms with Gasteiger partial charge in [0.15, 0.2) is 0 Å². The Labute approximate surface area is 255 Å². The molecule has 0 unspecified atom stereocenters. The van der Waals surface area contributed by atoms with E-state index in [1.807, 2.05) is 42.5 Å². The van der Waals surface area contributed by atoms with E-state index >= 15 is 0 Å². The highest BCUT2D eigenvalue weighted by Crippen LogP contribution is 2.30. The third-order valence-corrected chi connectivity index (χ3v) is 9.08. The predicted molar refractivity (Wildman–Crippen MR) is 169 cm³/mol. The Morgan fingerprint density at radius 3 is 2.35 bits per heavy atom. The molecule has 5 rings (SSSR count). The summed E-state index contributed by atoms with van der Waals surface area (Å²) in [5, 5.41) is 20.8. The Bertz CT molecular complexity index is 1240. The van der Waals surface area contributed by atoms with Crippen molar-refractivity contribution in [3.05, 3.63) is 59.7 Å². The fourth-order valence-electron chi connectivity index (χ4n) is 6.47. The predicted octanol–water partition coefficient (Wildman–Crippen LogP) is 3.54. The van der Waals surface area contributed by atoms with E-state index in [1.54, 1.807) is 17.9 Å². The standard InChI is InChI=1S/C34H47N5O4/c1-24(33(42)36-27-13-6-3-7-14-27)35-23-31(40)30(19-25-11-4-2-5-12-25)37-34(43)26-20-28(38-16-8-9-17-38)22-29(21-26)39-18-10-15-32(39)41/h2,4-5,11-12,20-22,24,27,30-31,35,40H,3,6-10,13-19,23H2,1H3,(H,36,42)(H,37,43)/t24-,30-,31+/m0/s1. The van der Waals surface area contributed by atoms with Gasteiger partial charge < -0.3 is 30.9 Å². The van der Waals surface area contributed by atoms with Crippen LogP contribution in [0.1, 0.15) is 80.6 Å². The van der Waals surface area contributed by atoms with Crippen molar-refractivity contribution in [2.75, 3.05) is 36.0 Å². The number of rotatable bonds is 12. The molecule has 2 saturated heterocycles. The molecule has 43 heavy (non-hydrogen) atoms. The van der Waals surface area contributed by atoms with Crippen molar-refractivity contribution in [2.24, 2.45) is 0 Å². The number of hydrogen-bond acceptors (Lipinski definition) is 6. The van der Waals surface area contributed by atoms with Crippen LogP contribution in [-0.2, 0) is 16.0 Å². The molecule has 2 heterocycles. The maximum Gasteiger partial charge on any atom is 0.251 e. The number of nitrogens with one attached hydrogen (secondary N) is 3. The van der Waals surface area contributed by atoms with E-state index in [9.17, 15) is 19.5 Å². The summed E-state index contributed by atoms with van der Waals surface area (Å²) in [4.78, 5) is 43.2. The van der Waals surface area contributed by atoms with Gasteiger partial charge in [-0.05, 0) is 69.2 Å². The van der Waals surface area contributed by atoms with Crippen molar-refractivity contribution in [2.45, 2.75) is 95.4 Å². The number of anilines is 2. The zero-order valence-electron chi connectivity index (χ0n) is 25.4.